The van der Waals surface area contributed by atoms with Crippen LogP contribution in [0.15, 0.2) is 18.2 Å². The monoisotopic (exact) mass is 263 g/mol. The first kappa shape index (κ1) is 15.1. The Morgan fingerprint density at radius 1 is 1.53 bits per heavy atom. The van der Waals surface area contributed by atoms with E-state index in [2.05, 4.69) is 0 Å². The molecule has 0 radical (unpaired) electrons. The highest BCUT2D eigenvalue weighted by molar-refractivity contribution is 5.85. The highest BCUT2D eigenvalue weighted by atomic mass is 19.1. The number of likely N-dealkylation sites (N-methyl/N-ethyl adjacent to an activating group) is 1. The second-order valence-electron chi connectivity index (χ2n) is 4.96. The number of nitriles is 1. The lowest BCUT2D eigenvalue weighted by Crippen LogP contribution is -2.50. The molecule has 0 atom stereocenters. The van der Waals surface area contributed by atoms with E-state index in [0.29, 0.717) is 12.1 Å². The Bertz CT molecular complexity index is 514. The van der Waals surface area contributed by atoms with Crippen molar-refractivity contribution >= 4 is 5.91 Å². The molecule has 4 nitrogen and oxygen atoms in total. The van der Waals surface area contributed by atoms with Crippen molar-refractivity contribution < 1.29 is 9.18 Å². The number of amides is 1. The van der Waals surface area contributed by atoms with E-state index >= 15 is 0 Å². The number of hydrogen-bond acceptors (Lipinski definition) is 3. The van der Waals surface area contributed by atoms with Crippen LogP contribution in [0.25, 0.3) is 0 Å². The van der Waals surface area contributed by atoms with E-state index in [9.17, 15) is 9.18 Å². The van der Waals surface area contributed by atoms with Crippen LogP contribution in [-0.4, -0.2) is 22.9 Å². The minimum absolute atomic E-state index is 0.146. The van der Waals surface area contributed by atoms with E-state index < -0.39 is 11.4 Å². The summed E-state index contributed by atoms with van der Waals surface area (Å²) in [7, 11) is 0. The molecular weight excluding hydrogens is 245 g/mol. The van der Waals surface area contributed by atoms with Crippen LogP contribution in [0.3, 0.4) is 0 Å². The van der Waals surface area contributed by atoms with Crippen LogP contribution in [0.2, 0.25) is 0 Å². The topological polar surface area (TPSA) is 70.1 Å². The van der Waals surface area contributed by atoms with Gasteiger partial charge in [0.25, 0.3) is 0 Å². The van der Waals surface area contributed by atoms with Gasteiger partial charge in [0.15, 0.2) is 0 Å². The van der Waals surface area contributed by atoms with Crippen LogP contribution in [0, 0.1) is 17.1 Å². The Balaban J connectivity index is 2.94. The summed E-state index contributed by atoms with van der Waals surface area (Å²) in [4.78, 5) is 13.6. The van der Waals surface area contributed by atoms with Crippen molar-refractivity contribution in [3.8, 4) is 6.07 Å². The zero-order valence-electron chi connectivity index (χ0n) is 11.4. The van der Waals surface area contributed by atoms with Crippen molar-refractivity contribution in [2.75, 3.05) is 6.54 Å². The summed E-state index contributed by atoms with van der Waals surface area (Å²) in [5, 5.41) is 8.68. The summed E-state index contributed by atoms with van der Waals surface area (Å²) < 4.78 is 13.8. The Morgan fingerprint density at radius 3 is 2.58 bits per heavy atom. The molecule has 0 saturated heterocycles. The van der Waals surface area contributed by atoms with Crippen LogP contribution >= 0.6 is 0 Å². The van der Waals surface area contributed by atoms with Crippen molar-refractivity contribution in [3.05, 3.63) is 35.1 Å². The minimum Gasteiger partial charge on any atom is -0.337 e. The fourth-order valence-electron chi connectivity index (χ4n) is 1.69. The van der Waals surface area contributed by atoms with Crippen molar-refractivity contribution in [2.45, 2.75) is 32.9 Å². The zero-order chi connectivity index (χ0) is 14.6. The Hall–Kier alpha value is -1.93. The molecule has 2 N–H and O–H groups in total. The van der Waals surface area contributed by atoms with Crippen molar-refractivity contribution in [1.82, 2.24) is 4.90 Å². The number of hydrogen-bond donors (Lipinski definition) is 1. The van der Waals surface area contributed by atoms with Gasteiger partial charge in [-0.25, -0.2) is 4.39 Å². The SMILES string of the molecule is CCN(Cc1ccc(C#N)cc1F)C(=O)C(C)(C)N. The molecule has 0 aliphatic carbocycles. The predicted octanol–water partition coefficient (Wildman–Crippen LogP) is 1.78. The summed E-state index contributed by atoms with van der Waals surface area (Å²) in [6.07, 6.45) is 0. The maximum atomic E-state index is 13.8. The summed E-state index contributed by atoms with van der Waals surface area (Å²) in [5.41, 5.74) is 5.41. The third-order valence-corrected chi connectivity index (χ3v) is 2.76. The standard InChI is InChI=1S/C14H18FN3O/c1-4-18(13(19)14(2,3)17)9-11-6-5-10(8-16)7-12(11)15/h5-7H,4,9,17H2,1-3H3. The van der Waals surface area contributed by atoms with Crippen molar-refractivity contribution in [1.29, 1.82) is 5.26 Å². The van der Waals surface area contributed by atoms with E-state index in [1.165, 1.54) is 23.1 Å². The van der Waals surface area contributed by atoms with E-state index in [0.717, 1.165) is 0 Å². The third-order valence-electron chi connectivity index (χ3n) is 2.76. The van der Waals surface area contributed by atoms with Gasteiger partial charge in [0.2, 0.25) is 5.91 Å². The minimum atomic E-state index is -0.987. The predicted molar refractivity (Wildman–Crippen MR) is 70.5 cm³/mol. The second kappa shape index (κ2) is 5.81. The largest absolute Gasteiger partial charge is 0.337 e. The fourth-order valence-corrected chi connectivity index (χ4v) is 1.69. The molecular formula is C14H18FN3O. The van der Waals surface area contributed by atoms with Crippen molar-refractivity contribution in [3.63, 3.8) is 0 Å². The summed E-state index contributed by atoms with van der Waals surface area (Å²) in [6.45, 7) is 5.64. The number of carbonyl (C=O) groups excluding carboxylic acids is 1. The Kier molecular flexibility index (Phi) is 4.62. The Labute approximate surface area is 112 Å². The molecule has 0 spiro atoms. The van der Waals surface area contributed by atoms with Gasteiger partial charge in [-0.2, -0.15) is 5.26 Å². The molecule has 0 fully saturated rings. The molecule has 0 bridgehead atoms. The van der Waals surface area contributed by atoms with Crippen LogP contribution in [0.5, 0.6) is 0 Å². The molecule has 0 aliphatic heterocycles. The summed E-state index contributed by atoms with van der Waals surface area (Å²) >= 11 is 0. The van der Waals surface area contributed by atoms with Gasteiger partial charge in [0, 0.05) is 18.7 Å². The first-order chi connectivity index (χ1) is 8.79. The average Bonchev–Trinajstić information content (AvgIpc) is 2.35. The molecule has 0 heterocycles. The lowest BCUT2D eigenvalue weighted by molar-refractivity contribution is -0.136. The van der Waals surface area contributed by atoms with Gasteiger partial charge in [0.1, 0.15) is 5.82 Å². The first-order valence-electron chi connectivity index (χ1n) is 6.06. The lowest BCUT2D eigenvalue weighted by atomic mass is 10.0. The number of rotatable bonds is 4. The van der Waals surface area contributed by atoms with E-state index in [4.69, 9.17) is 11.0 Å². The molecule has 19 heavy (non-hydrogen) atoms. The molecule has 0 aliphatic rings. The van der Waals surface area contributed by atoms with E-state index in [1.807, 2.05) is 13.0 Å². The second-order valence-corrected chi connectivity index (χ2v) is 4.96. The number of nitrogens with zero attached hydrogens (tertiary/aromatic N) is 2. The summed E-state index contributed by atoms with van der Waals surface area (Å²) in [5.74, 6) is -0.723. The molecule has 1 aromatic rings. The average molecular weight is 263 g/mol. The van der Waals surface area contributed by atoms with Gasteiger partial charge in [-0.05, 0) is 32.9 Å². The van der Waals surface area contributed by atoms with Crippen LogP contribution in [0.1, 0.15) is 31.9 Å². The molecule has 0 unspecified atom stereocenters. The number of benzene rings is 1. The summed E-state index contributed by atoms with van der Waals surface area (Å²) in [6, 6.07) is 6.09. The lowest BCUT2D eigenvalue weighted by Gasteiger charge is -2.28. The molecule has 1 amide bonds. The van der Waals surface area contributed by atoms with Crippen LogP contribution < -0.4 is 5.73 Å². The fraction of sp³-hybridized carbons (Fsp3) is 0.429. The molecule has 102 valence electrons. The number of nitrogens with two attached hydrogens (primary N) is 1. The third kappa shape index (κ3) is 3.76. The highest BCUT2D eigenvalue weighted by Gasteiger charge is 2.27. The molecule has 5 heteroatoms. The maximum absolute atomic E-state index is 13.8. The Morgan fingerprint density at radius 2 is 2.16 bits per heavy atom. The van der Waals surface area contributed by atoms with Gasteiger partial charge in [-0.3, -0.25) is 4.79 Å². The maximum Gasteiger partial charge on any atom is 0.242 e. The molecule has 1 rings (SSSR count). The van der Waals surface area contributed by atoms with Gasteiger partial charge < -0.3 is 10.6 Å². The normalized spacial score (nSPS) is 10.9. The molecule has 1 aromatic carbocycles. The number of halogens is 1. The van der Waals surface area contributed by atoms with E-state index in [1.54, 1.807) is 13.8 Å². The van der Waals surface area contributed by atoms with Crippen LogP contribution in [0.4, 0.5) is 4.39 Å². The number of carbonyl (C=O) groups is 1. The van der Waals surface area contributed by atoms with Gasteiger partial charge >= 0.3 is 0 Å². The highest BCUT2D eigenvalue weighted by Crippen LogP contribution is 2.14. The quantitative estimate of drug-likeness (QED) is 0.900. The smallest absolute Gasteiger partial charge is 0.242 e. The van der Waals surface area contributed by atoms with Crippen molar-refractivity contribution in [2.24, 2.45) is 5.73 Å². The first-order valence-corrected chi connectivity index (χ1v) is 6.06. The zero-order valence-corrected chi connectivity index (χ0v) is 11.4. The van der Waals surface area contributed by atoms with E-state index in [-0.39, 0.29) is 18.0 Å². The molecule has 0 saturated carbocycles. The van der Waals surface area contributed by atoms with Crippen LogP contribution in [-0.2, 0) is 11.3 Å². The van der Waals surface area contributed by atoms with Gasteiger partial charge in [-0.1, -0.05) is 6.07 Å². The van der Waals surface area contributed by atoms with Gasteiger partial charge in [-0.15, -0.1) is 0 Å². The molecule has 0 aromatic heterocycles. The van der Waals surface area contributed by atoms with Gasteiger partial charge in [0.05, 0.1) is 17.2 Å².